The fourth-order valence-corrected chi connectivity index (χ4v) is 2.78. The van der Waals surface area contributed by atoms with E-state index in [0.717, 1.165) is 37.6 Å². The zero-order chi connectivity index (χ0) is 16.7. The van der Waals surface area contributed by atoms with Crippen LogP contribution in [0, 0.1) is 0 Å². The average Bonchev–Trinajstić information content (AvgIpc) is 2.49. The van der Waals surface area contributed by atoms with Crippen LogP contribution < -0.4 is 10.1 Å². The first kappa shape index (κ1) is 18.2. The molecule has 1 aromatic rings. The molecule has 130 valence electrons. The van der Waals surface area contributed by atoms with E-state index in [1.54, 1.807) is 0 Å². The number of aliphatic hydroxyl groups is 1. The van der Waals surface area contributed by atoms with Crippen LogP contribution in [0.5, 0.6) is 5.75 Å². The van der Waals surface area contributed by atoms with E-state index in [1.165, 1.54) is 0 Å². The molecule has 0 saturated carbocycles. The topological polar surface area (TPSA) is 54.0 Å². The van der Waals surface area contributed by atoms with Gasteiger partial charge in [-0.3, -0.25) is 4.90 Å². The third-order valence-electron chi connectivity index (χ3n) is 3.82. The van der Waals surface area contributed by atoms with Gasteiger partial charge in [-0.25, -0.2) is 0 Å². The standard InChI is InChI=1S/C18H30N2O3/c1-15(2)23-17-7-5-4-6-16(17)12-19-13-18(3,21)14-20-8-10-22-11-9-20/h4-7,15,19,21H,8-14H2,1-3H3. The SMILES string of the molecule is CC(C)Oc1ccccc1CNCC(C)(O)CN1CCOCC1. The van der Waals surface area contributed by atoms with Crippen molar-refractivity contribution >= 4 is 0 Å². The van der Waals surface area contributed by atoms with Gasteiger partial charge in [-0.1, -0.05) is 18.2 Å². The number of nitrogens with zero attached hydrogens (tertiary/aromatic N) is 1. The van der Waals surface area contributed by atoms with E-state index in [2.05, 4.69) is 16.3 Å². The number of nitrogens with one attached hydrogen (secondary N) is 1. The molecule has 1 aromatic carbocycles. The van der Waals surface area contributed by atoms with Gasteiger partial charge < -0.3 is 19.9 Å². The zero-order valence-corrected chi connectivity index (χ0v) is 14.5. The Bertz CT molecular complexity index is 471. The second-order valence-electron chi connectivity index (χ2n) is 6.76. The van der Waals surface area contributed by atoms with Gasteiger partial charge in [0.2, 0.25) is 0 Å². The maximum absolute atomic E-state index is 10.6. The van der Waals surface area contributed by atoms with Crippen LogP contribution in [0.3, 0.4) is 0 Å². The molecule has 23 heavy (non-hydrogen) atoms. The molecule has 1 aliphatic rings. The first-order valence-electron chi connectivity index (χ1n) is 8.44. The van der Waals surface area contributed by atoms with Crippen LogP contribution in [-0.4, -0.2) is 61.1 Å². The van der Waals surface area contributed by atoms with Crippen molar-refractivity contribution in [2.75, 3.05) is 39.4 Å². The third kappa shape index (κ3) is 6.47. The highest BCUT2D eigenvalue weighted by atomic mass is 16.5. The number of para-hydroxylation sites is 1. The molecule has 1 unspecified atom stereocenters. The molecule has 5 heteroatoms. The molecule has 0 radical (unpaired) electrons. The van der Waals surface area contributed by atoms with Crippen LogP contribution in [-0.2, 0) is 11.3 Å². The van der Waals surface area contributed by atoms with Crippen molar-refractivity contribution in [3.05, 3.63) is 29.8 Å². The predicted octanol–water partition coefficient (Wildman–Crippen LogP) is 1.65. The van der Waals surface area contributed by atoms with Crippen LogP contribution in [0.15, 0.2) is 24.3 Å². The molecule has 1 atom stereocenters. The van der Waals surface area contributed by atoms with Gasteiger partial charge in [-0.2, -0.15) is 0 Å². The average molecular weight is 322 g/mol. The molecular formula is C18H30N2O3. The first-order valence-corrected chi connectivity index (χ1v) is 8.44. The molecule has 0 aliphatic carbocycles. The maximum atomic E-state index is 10.6. The van der Waals surface area contributed by atoms with Crippen LogP contribution in [0.4, 0.5) is 0 Å². The van der Waals surface area contributed by atoms with Crippen molar-refractivity contribution in [3.63, 3.8) is 0 Å². The Hall–Kier alpha value is -1.14. The summed E-state index contributed by atoms with van der Waals surface area (Å²) >= 11 is 0. The van der Waals surface area contributed by atoms with Gasteiger partial charge in [-0.05, 0) is 26.8 Å². The third-order valence-corrected chi connectivity index (χ3v) is 3.82. The Morgan fingerprint density at radius 1 is 1.30 bits per heavy atom. The lowest BCUT2D eigenvalue weighted by molar-refractivity contribution is -0.0219. The van der Waals surface area contributed by atoms with Crippen molar-refractivity contribution in [3.8, 4) is 5.75 Å². The van der Waals surface area contributed by atoms with Crippen molar-refractivity contribution in [2.24, 2.45) is 0 Å². The fourth-order valence-electron chi connectivity index (χ4n) is 2.78. The molecule has 1 saturated heterocycles. The van der Waals surface area contributed by atoms with Crippen molar-refractivity contribution in [2.45, 2.75) is 39.0 Å². The molecule has 5 nitrogen and oxygen atoms in total. The predicted molar refractivity (Wildman–Crippen MR) is 91.8 cm³/mol. The number of hydrogen-bond donors (Lipinski definition) is 2. The highest BCUT2D eigenvalue weighted by molar-refractivity contribution is 5.33. The summed E-state index contributed by atoms with van der Waals surface area (Å²) in [7, 11) is 0. The number of β-amino-alcohol motifs (C(OH)–C–C–N with tert-alkyl or cyclic N) is 1. The van der Waals surface area contributed by atoms with E-state index in [1.807, 2.05) is 39.0 Å². The van der Waals surface area contributed by atoms with Gasteiger partial charge in [-0.15, -0.1) is 0 Å². The van der Waals surface area contributed by atoms with Crippen LogP contribution >= 0.6 is 0 Å². The van der Waals surface area contributed by atoms with E-state index in [4.69, 9.17) is 9.47 Å². The summed E-state index contributed by atoms with van der Waals surface area (Å²) in [6, 6.07) is 8.04. The Balaban J connectivity index is 1.81. The van der Waals surface area contributed by atoms with Crippen LogP contribution in [0.1, 0.15) is 26.3 Å². The normalized spacial score (nSPS) is 18.8. The molecule has 1 fully saturated rings. The largest absolute Gasteiger partial charge is 0.491 e. The lowest BCUT2D eigenvalue weighted by Gasteiger charge is -2.34. The van der Waals surface area contributed by atoms with Gasteiger partial charge >= 0.3 is 0 Å². The maximum Gasteiger partial charge on any atom is 0.124 e. The molecule has 0 bridgehead atoms. The summed E-state index contributed by atoms with van der Waals surface area (Å²) in [6.45, 7) is 11.1. The van der Waals surface area contributed by atoms with E-state index in [0.29, 0.717) is 19.6 Å². The smallest absolute Gasteiger partial charge is 0.124 e. The van der Waals surface area contributed by atoms with Crippen molar-refractivity contribution in [1.82, 2.24) is 10.2 Å². The zero-order valence-electron chi connectivity index (χ0n) is 14.5. The first-order chi connectivity index (χ1) is 11.0. The highest BCUT2D eigenvalue weighted by Gasteiger charge is 2.24. The molecule has 2 rings (SSSR count). The molecule has 0 amide bonds. The van der Waals surface area contributed by atoms with E-state index >= 15 is 0 Å². The fraction of sp³-hybridized carbons (Fsp3) is 0.667. The second-order valence-corrected chi connectivity index (χ2v) is 6.76. The molecule has 1 heterocycles. The Kier molecular flexibility index (Phi) is 6.84. The van der Waals surface area contributed by atoms with Crippen LogP contribution in [0.2, 0.25) is 0 Å². The Morgan fingerprint density at radius 3 is 2.70 bits per heavy atom. The van der Waals surface area contributed by atoms with Gasteiger partial charge in [0.25, 0.3) is 0 Å². The van der Waals surface area contributed by atoms with E-state index in [9.17, 15) is 5.11 Å². The number of hydrogen-bond acceptors (Lipinski definition) is 5. The quantitative estimate of drug-likeness (QED) is 0.762. The summed E-state index contributed by atoms with van der Waals surface area (Å²) in [6.07, 6.45) is 0.153. The lowest BCUT2D eigenvalue weighted by Crippen LogP contribution is -2.50. The minimum atomic E-state index is -0.759. The summed E-state index contributed by atoms with van der Waals surface area (Å²) in [5.74, 6) is 0.905. The minimum absolute atomic E-state index is 0.153. The number of benzene rings is 1. The van der Waals surface area contributed by atoms with Gasteiger partial charge in [0.1, 0.15) is 5.75 Å². The second kappa shape index (κ2) is 8.64. The Labute approximate surface area is 139 Å². The van der Waals surface area contributed by atoms with Crippen LogP contribution in [0.25, 0.3) is 0 Å². The number of ether oxygens (including phenoxy) is 2. The summed E-state index contributed by atoms with van der Waals surface area (Å²) in [5.41, 5.74) is 0.355. The summed E-state index contributed by atoms with van der Waals surface area (Å²) in [5, 5.41) is 13.9. The molecule has 0 aromatic heterocycles. The Morgan fingerprint density at radius 2 is 2.00 bits per heavy atom. The molecular weight excluding hydrogens is 292 g/mol. The van der Waals surface area contributed by atoms with Crippen molar-refractivity contribution < 1.29 is 14.6 Å². The number of morpholine rings is 1. The van der Waals surface area contributed by atoms with Gasteiger partial charge in [0.15, 0.2) is 0 Å². The van der Waals surface area contributed by atoms with Gasteiger partial charge in [0.05, 0.1) is 24.9 Å². The molecule has 1 aliphatic heterocycles. The summed E-state index contributed by atoms with van der Waals surface area (Å²) in [4.78, 5) is 2.25. The monoisotopic (exact) mass is 322 g/mol. The number of rotatable bonds is 8. The molecule has 0 spiro atoms. The summed E-state index contributed by atoms with van der Waals surface area (Å²) < 4.78 is 11.2. The minimum Gasteiger partial charge on any atom is -0.491 e. The van der Waals surface area contributed by atoms with Crippen molar-refractivity contribution in [1.29, 1.82) is 0 Å². The molecule has 2 N–H and O–H groups in total. The lowest BCUT2D eigenvalue weighted by atomic mass is 10.1. The van der Waals surface area contributed by atoms with Gasteiger partial charge in [0, 0.05) is 38.3 Å². The highest BCUT2D eigenvalue weighted by Crippen LogP contribution is 2.19. The van der Waals surface area contributed by atoms with E-state index in [-0.39, 0.29) is 6.10 Å². The van der Waals surface area contributed by atoms with E-state index < -0.39 is 5.60 Å².